The molecule has 18 heavy (non-hydrogen) atoms. The summed E-state index contributed by atoms with van der Waals surface area (Å²) in [6, 6.07) is 0. The zero-order chi connectivity index (χ0) is 13.1. The van der Waals surface area contributed by atoms with Gasteiger partial charge in [-0.15, -0.1) is 0 Å². The van der Waals surface area contributed by atoms with E-state index in [2.05, 4.69) is 10.1 Å². The Hall–Kier alpha value is -1.43. The number of nitrogens with zero attached hydrogens (tertiary/aromatic N) is 2. The van der Waals surface area contributed by atoms with Crippen LogP contribution in [0, 0.1) is 11.8 Å². The quantitative estimate of drug-likeness (QED) is 0.798. The van der Waals surface area contributed by atoms with E-state index in [4.69, 9.17) is 14.4 Å². The van der Waals surface area contributed by atoms with Crippen LogP contribution in [-0.2, 0) is 16.0 Å². The second-order valence-electron chi connectivity index (χ2n) is 4.95. The van der Waals surface area contributed by atoms with Gasteiger partial charge in [0.1, 0.15) is 6.10 Å². The molecule has 2 rings (SSSR count). The molecule has 0 aliphatic heterocycles. The molecule has 0 radical (unpaired) electrons. The molecule has 1 N–H and O–H groups in total. The van der Waals surface area contributed by atoms with Crippen LogP contribution in [-0.4, -0.2) is 28.3 Å². The second-order valence-corrected chi connectivity index (χ2v) is 4.95. The fourth-order valence-electron chi connectivity index (χ4n) is 2.04. The van der Waals surface area contributed by atoms with E-state index < -0.39 is 5.97 Å². The van der Waals surface area contributed by atoms with Gasteiger partial charge in [-0.05, 0) is 24.7 Å². The van der Waals surface area contributed by atoms with Crippen LogP contribution in [0.15, 0.2) is 4.52 Å². The van der Waals surface area contributed by atoms with Crippen molar-refractivity contribution in [2.45, 2.75) is 38.7 Å². The molecule has 0 bridgehead atoms. The van der Waals surface area contributed by atoms with Crippen LogP contribution in [0.5, 0.6) is 0 Å². The first-order chi connectivity index (χ1) is 8.60. The van der Waals surface area contributed by atoms with Gasteiger partial charge in [-0.1, -0.05) is 12.1 Å². The van der Waals surface area contributed by atoms with Gasteiger partial charge < -0.3 is 14.4 Å². The molecule has 0 spiro atoms. The number of carbonyl (C=O) groups is 1. The third kappa shape index (κ3) is 3.29. The number of carboxylic acids is 1. The Morgan fingerprint density at radius 1 is 1.61 bits per heavy atom. The van der Waals surface area contributed by atoms with Crippen molar-refractivity contribution in [2.24, 2.45) is 11.8 Å². The van der Waals surface area contributed by atoms with Crippen molar-refractivity contribution < 1.29 is 19.2 Å². The Labute approximate surface area is 105 Å². The number of methoxy groups -OCH3 is 1. The normalized spacial score (nSPS) is 18.6. The largest absolute Gasteiger partial charge is 0.481 e. The van der Waals surface area contributed by atoms with E-state index in [1.165, 1.54) is 0 Å². The minimum Gasteiger partial charge on any atom is -0.481 e. The Morgan fingerprint density at radius 2 is 2.33 bits per heavy atom. The van der Waals surface area contributed by atoms with E-state index >= 15 is 0 Å². The molecular weight excluding hydrogens is 236 g/mol. The SMILES string of the molecule is COC(c1noc(CC(C)CC(=O)O)n1)C1CC1. The summed E-state index contributed by atoms with van der Waals surface area (Å²) in [7, 11) is 1.64. The molecule has 0 amide bonds. The summed E-state index contributed by atoms with van der Waals surface area (Å²) in [5, 5.41) is 12.6. The fraction of sp³-hybridized carbons (Fsp3) is 0.750. The van der Waals surface area contributed by atoms with Gasteiger partial charge in [0, 0.05) is 20.0 Å². The third-order valence-corrected chi connectivity index (χ3v) is 3.09. The maximum absolute atomic E-state index is 10.6. The first-order valence-electron chi connectivity index (χ1n) is 6.17. The van der Waals surface area contributed by atoms with Crippen molar-refractivity contribution in [1.29, 1.82) is 0 Å². The van der Waals surface area contributed by atoms with Gasteiger partial charge in [0.15, 0.2) is 0 Å². The molecule has 1 aromatic rings. The van der Waals surface area contributed by atoms with E-state index in [1.807, 2.05) is 6.92 Å². The van der Waals surface area contributed by atoms with Crippen LogP contribution in [0.25, 0.3) is 0 Å². The zero-order valence-corrected chi connectivity index (χ0v) is 10.6. The Kier molecular flexibility index (Phi) is 3.96. The number of hydrogen-bond donors (Lipinski definition) is 1. The van der Waals surface area contributed by atoms with Gasteiger partial charge >= 0.3 is 5.97 Å². The highest BCUT2D eigenvalue weighted by Gasteiger charge is 2.35. The highest BCUT2D eigenvalue weighted by atomic mass is 16.5. The molecule has 1 saturated carbocycles. The number of ether oxygens (including phenoxy) is 1. The van der Waals surface area contributed by atoms with Crippen LogP contribution in [0.3, 0.4) is 0 Å². The Morgan fingerprint density at radius 3 is 2.89 bits per heavy atom. The van der Waals surface area contributed by atoms with Crippen molar-refractivity contribution in [3.8, 4) is 0 Å². The summed E-state index contributed by atoms with van der Waals surface area (Å²) in [4.78, 5) is 14.9. The highest BCUT2D eigenvalue weighted by Crippen LogP contribution is 2.41. The van der Waals surface area contributed by atoms with E-state index in [9.17, 15) is 4.79 Å². The average Bonchev–Trinajstić information content (AvgIpc) is 3.00. The Balaban J connectivity index is 1.94. The molecule has 1 aliphatic rings. The second kappa shape index (κ2) is 5.48. The Bertz CT molecular complexity index is 414. The highest BCUT2D eigenvalue weighted by molar-refractivity contribution is 5.66. The van der Waals surface area contributed by atoms with Gasteiger partial charge in [-0.2, -0.15) is 4.98 Å². The molecule has 2 unspecified atom stereocenters. The van der Waals surface area contributed by atoms with Crippen molar-refractivity contribution in [1.82, 2.24) is 10.1 Å². The average molecular weight is 254 g/mol. The molecule has 0 aromatic carbocycles. The lowest BCUT2D eigenvalue weighted by molar-refractivity contribution is -0.137. The summed E-state index contributed by atoms with van der Waals surface area (Å²) in [6.45, 7) is 1.85. The van der Waals surface area contributed by atoms with Gasteiger partial charge in [-0.3, -0.25) is 4.79 Å². The standard InChI is InChI=1S/C12H18N2O4/c1-7(6-10(15)16)5-9-13-12(14-18-9)11(17-2)8-3-4-8/h7-8,11H,3-6H2,1-2H3,(H,15,16). The lowest BCUT2D eigenvalue weighted by atomic mass is 10.0. The number of aromatic nitrogens is 2. The zero-order valence-electron chi connectivity index (χ0n) is 10.6. The lowest BCUT2D eigenvalue weighted by Crippen LogP contribution is -2.08. The van der Waals surface area contributed by atoms with E-state index in [1.54, 1.807) is 7.11 Å². The van der Waals surface area contributed by atoms with Gasteiger partial charge in [0.2, 0.25) is 11.7 Å². The summed E-state index contributed by atoms with van der Waals surface area (Å²) >= 11 is 0. The van der Waals surface area contributed by atoms with Gasteiger partial charge in [0.25, 0.3) is 0 Å². The summed E-state index contributed by atoms with van der Waals surface area (Å²) in [6.07, 6.45) is 2.78. The lowest BCUT2D eigenvalue weighted by Gasteiger charge is -2.08. The molecule has 0 saturated heterocycles. The number of hydrogen-bond acceptors (Lipinski definition) is 5. The molecule has 1 fully saturated rings. The molecule has 2 atom stereocenters. The molecule has 100 valence electrons. The predicted octanol–water partition coefficient (Wildman–Crippen LogP) is 1.82. The molecule has 6 heteroatoms. The summed E-state index contributed by atoms with van der Waals surface area (Å²) in [5.41, 5.74) is 0. The van der Waals surface area contributed by atoms with Crippen molar-refractivity contribution in [2.75, 3.05) is 7.11 Å². The first-order valence-corrected chi connectivity index (χ1v) is 6.17. The molecule has 1 aromatic heterocycles. The van der Waals surface area contributed by atoms with Crippen LogP contribution >= 0.6 is 0 Å². The monoisotopic (exact) mass is 254 g/mol. The maximum atomic E-state index is 10.6. The van der Waals surface area contributed by atoms with E-state index in [0.29, 0.717) is 24.1 Å². The maximum Gasteiger partial charge on any atom is 0.303 e. The fourth-order valence-corrected chi connectivity index (χ4v) is 2.04. The van der Waals surface area contributed by atoms with Gasteiger partial charge in [-0.25, -0.2) is 0 Å². The van der Waals surface area contributed by atoms with E-state index in [-0.39, 0.29) is 18.4 Å². The third-order valence-electron chi connectivity index (χ3n) is 3.09. The topological polar surface area (TPSA) is 85.5 Å². The molecular formula is C12H18N2O4. The number of carboxylic acid groups (broad SMARTS) is 1. The summed E-state index contributed by atoms with van der Waals surface area (Å²) in [5.74, 6) is 0.739. The predicted molar refractivity (Wildman–Crippen MR) is 61.9 cm³/mol. The van der Waals surface area contributed by atoms with E-state index in [0.717, 1.165) is 12.8 Å². The number of aliphatic carboxylic acids is 1. The van der Waals surface area contributed by atoms with Crippen LogP contribution in [0.1, 0.15) is 44.0 Å². The van der Waals surface area contributed by atoms with Crippen molar-refractivity contribution >= 4 is 5.97 Å². The minimum atomic E-state index is -0.810. The van der Waals surface area contributed by atoms with Crippen LogP contribution in [0.2, 0.25) is 0 Å². The van der Waals surface area contributed by atoms with Crippen LogP contribution < -0.4 is 0 Å². The van der Waals surface area contributed by atoms with Crippen molar-refractivity contribution in [3.63, 3.8) is 0 Å². The molecule has 6 nitrogen and oxygen atoms in total. The number of rotatable bonds is 7. The smallest absolute Gasteiger partial charge is 0.303 e. The summed E-state index contributed by atoms with van der Waals surface area (Å²) < 4.78 is 10.5. The molecule has 1 heterocycles. The van der Waals surface area contributed by atoms with Crippen molar-refractivity contribution in [3.05, 3.63) is 11.7 Å². The minimum absolute atomic E-state index is 0.0160. The molecule has 1 aliphatic carbocycles. The van der Waals surface area contributed by atoms with Gasteiger partial charge in [0.05, 0.1) is 0 Å². The first kappa shape index (κ1) is 13.0. The van der Waals surface area contributed by atoms with Crippen LogP contribution in [0.4, 0.5) is 0 Å².